The first-order valence-electron chi connectivity index (χ1n) is 13.3. The van der Waals surface area contributed by atoms with E-state index in [0.717, 1.165) is 60.9 Å². The Hall–Kier alpha value is -2.99. The zero-order valence-corrected chi connectivity index (χ0v) is 22.8. The number of fused-ring (bicyclic) bond motifs is 1. The molecule has 0 radical (unpaired) electrons. The van der Waals surface area contributed by atoms with Crippen molar-refractivity contribution in [2.75, 3.05) is 33.9 Å². The number of hydrogen-bond acceptors (Lipinski definition) is 4. The van der Waals surface area contributed by atoms with Crippen LogP contribution in [0.4, 0.5) is 0 Å². The van der Waals surface area contributed by atoms with Gasteiger partial charge in [0, 0.05) is 35.5 Å². The summed E-state index contributed by atoms with van der Waals surface area (Å²) < 4.78 is 11.0. The Kier molecular flexibility index (Phi) is 10.2. The van der Waals surface area contributed by atoms with Gasteiger partial charge in [0.2, 0.25) is 5.91 Å². The van der Waals surface area contributed by atoms with Crippen LogP contribution < -0.4 is 14.8 Å². The monoisotopic (exact) mass is 493 g/mol. The van der Waals surface area contributed by atoms with E-state index >= 15 is 0 Å². The summed E-state index contributed by atoms with van der Waals surface area (Å²) in [7, 11) is 3.28. The predicted molar refractivity (Wildman–Crippen MR) is 148 cm³/mol. The van der Waals surface area contributed by atoms with E-state index in [1.807, 2.05) is 18.2 Å². The zero-order chi connectivity index (χ0) is 26.1. The number of para-hydroxylation sites is 1. The summed E-state index contributed by atoms with van der Waals surface area (Å²) in [6.07, 6.45) is 5.41. The highest BCUT2D eigenvalue weighted by molar-refractivity contribution is 5.88. The summed E-state index contributed by atoms with van der Waals surface area (Å²) in [5.41, 5.74) is 4.57. The molecule has 0 fully saturated rings. The molecule has 0 saturated carbocycles. The van der Waals surface area contributed by atoms with Crippen LogP contribution in [0.5, 0.6) is 11.5 Å². The van der Waals surface area contributed by atoms with Gasteiger partial charge in [-0.05, 0) is 74.6 Å². The van der Waals surface area contributed by atoms with Crippen LogP contribution in [0.15, 0.2) is 42.6 Å². The summed E-state index contributed by atoms with van der Waals surface area (Å²) in [6.45, 7) is 11.8. The second-order valence-electron chi connectivity index (χ2n) is 9.45. The van der Waals surface area contributed by atoms with Crippen LogP contribution in [-0.2, 0) is 11.2 Å². The molecule has 1 aromatic heterocycles. The van der Waals surface area contributed by atoms with Gasteiger partial charge in [-0.2, -0.15) is 0 Å². The normalized spacial score (nSPS) is 13.1. The number of methoxy groups -OCH3 is 2. The Labute approximate surface area is 216 Å². The fraction of sp³-hybridized carbons (Fsp3) is 0.500. The molecule has 1 heterocycles. The highest BCUT2D eigenvalue weighted by atomic mass is 16.5. The number of aromatic amines is 1. The summed E-state index contributed by atoms with van der Waals surface area (Å²) in [5.74, 6) is 1.29. The molecular formula is C30H43N3O3. The molecule has 0 unspecified atom stereocenters. The third-order valence-corrected chi connectivity index (χ3v) is 7.20. The van der Waals surface area contributed by atoms with Gasteiger partial charge in [-0.1, -0.05) is 45.0 Å². The van der Waals surface area contributed by atoms with Gasteiger partial charge >= 0.3 is 0 Å². The van der Waals surface area contributed by atoms with Crippen molar-refractivity contribution in [1.29, 1.82) is 0 Å². The zero-order valence-electron chi connectivity index (χ0n) is 22.8. The molecule has 0 aliphatic carbocycles. The molecule has 6 nitrogen and oxygen atoms in total. The Morgan fingerprint density at radius 2 is 1.81 bits per heavy atom. The predicted octanol–water partition coefficient (Wildman–Crippen LogP) is 5.90. The largest absolute Gasteiger partial charge is 0.493 e. The quantitative estimate of drug-likeness (QED) is 0.294. The number of aryl methyl sites for hydroxylation is 1. The number of hydrogen-bond donors (Lipinski definition) is 2. The van der Waals surface area contributed by atoms with E-state index < -0.39 is 0 Å². The number of carbonyl (C=O) groups is 1. The van der Waals surface area contributed by atoms with Crippen molar-refractivity contribution in [3.05, 3.63) is 59.3 Å². The summed E-state index contributed by atoms with van der Waals surface area (Å²) >= 11 is 0. The molecule has 0 saturated heterocycles. The molecule has 196 valence electrons. The standard InChI is InChI=1S/C30H43N3O3/c1-7-22-13-10-14-24-26(20-31-30(22)24)25(23-15-16-27(35-5)28(18-23)36-6)19-29(34)32-21(4)12-11-17-33(8-2)9-3/h10,13-16,18,20-21,25,31H,7-9,11-12,17,19H2,1-6H3,(H,32,34)/t21-,25-/m0/s1. The Balaban J connectivity index is 1.85. The lowest BCUT2D eigenvalue weighted by molar-refractivity contribution is -0.121. The van der Waals surface area contributed by atoms with E-state index in [-0.39, 0.29) is 17.9 Å². The van der Waals surface area contributed by atoms with E-state index in [9.17, 15) is 4.79 Å². The molecule has 2 N–H and O–H groups in total. The number of rotatable bonds is 14. The first-order chi connectivity index (χ1) is 17.4. The number of nitrogens with zero attached hydrogens (tertiary/aromatic N) is 1. The second-order valence-corrected chi connectivity index (χ2v) is 9.45. The minimum atomic E-state index is -0.117. The molecule has 6 heteroatoms. The number of carbonyl (C=O) groups excluding carboxylic acids is 1. The Bertz CT molecular complexity index is 1120. The third-order valence-electron chi connectivity index (χ3n) is 7.20. The Morgan fingerprint density at radius 1 is 1.06 bits per heavy atom. The average molecular weight is 494 g/mol. The fourth-order valence-corrected chi connectivity index (χ4v) is 5.05. The summed E-state index contributed by atoms with van der Waals surface area (Å²) in [6, 6.07) is 12.5. The lowest BCUT2D eigenvalue weighted by atomic mass is 9.87. The molecule has 1 amide bonds. The highest BCUT2D eigenvalue weighted by Gasteiger charge is 2.24. The maximum atomic E-state index is 13.3. The Morgan fingerprint density at radius 3 is 2.47 bits per heavy atom. The molecule has 0 bridgehead atoms. The topological polar surface area (TPSA) is 66.6 Å². The molecule has 0 spiro atoms. The van der Waals surface area contributed by atoms with E-state index in [0.29, 0.717) is 17.9 Å². The third kappa shape index (κ3) is 6.61. The first kappa shape index (κ1) is 27.6. The van der Waals surface area contributed by atoms with Crippen LogP contribution >= 0.6 is 0 Å². The van der Waals surface area contributed by atoms with Crippen LogP contribution in [0.3, 0.4) is 0 Å². The fourth-order valence-electron chi connectivity index (χ4n) is 5.05. The van der Waals surface area contributed by atoms with Gasteiger partial charge in [0.25, 0.3) is 0 Å². The number of nitrogens with one attached hydrogen (secondary N) is 2. The average Bonchev–Trinajstić information content (AvgIpc) is 3.33. The van der Waals surface area contributed by atoms with Crippen LogP contribution in [0.2, 0.25) is 0 Å². The molecule has 3 rings (SSSR count). The van der Waals surface area contributed by atoms with Gasteiger partial charge in [0.1, 0.15) is 0 Å². The van der Waals surface area contributed by atoms with Crippen molar-refractivity contribution in [3.63, 3.8) is 0 Å². The van der Waals surface area contributed by atoms with Crippen molar-refractivity contribution in [3.8, 4) is 11.5 Å². The molecule has 3 aromatic rings. The molecule has 2 aromatic carbocycles. The molecular weight excluding hydrogens is 450 g/mol. The number of benzene rings is 2. The smallest absolute Gasteiger partial charge is 0.221 e. The number of aromatic nitrogens is 1. The maximum Gasteiger partial charge on any atom is 0.221 e. The highest BCUT2D eigenvalue weighted by Crippen LogP contribution is 2.38. The second kappa shape index (κ2) is 13.4. The van der Waals surface area contributed by atoms with Gasteiger partial charge in [-0.25, -0.2) is 0 Å². The van der Waals surface area contributed by atoms with Gasteiger partial charge in [0.15, 0.2) is 11.5 Å². The van der Waals surface area contributed by atoms with Gasteiger partial charge in [0.05, 0.1) is 14.2 Å². The van der Waals surface area contributed by atoms with Gasteiger partial charge < -0.3 is 24.7 Å². The first-order valence-corrected chi connectivity index (χ1v) is 13.3. The SMILES string of the molecule is CCc1cccc2c([C@@H](CC(=O)N[C@@H](C)CCCN(CC)CC)c3ccc(OC)c(OC)c3)c[nH]c12. The lowest BCUT2D eigenvalue weighted by Crippen LogP contribution is -2.34. The molecule has 0 aliphatic rings. The van der Waals surface area contributed by atoms with Crippen LogP contribution in [-0.4, -0.2) is 55.7 Å². The maximum absolute atomic E-state index is 13.3. The van der Waals surface area contributed by atoms with E-state index in [1.54, 1.807) is 14.2 Å². The van der Waals surface area contributed by atoms with Crippen molar-refractivity contribution >= 4 is 16.8 Å². The number of amides is 1. The van der Waals surface area contributed by atoms with Crippen LogP contribution in [0.25, 0.3) is 10.9 Å². The number of H-pyrrole nitrogens is 1. The van der Waals surface area contributed by atoms with Crippen molar-refractivity contribution in [1.82, 2.24) is 15.2 Å². The van der Waals surface area contributed by atoms with Crippen molar-refractivity contribution in [2.45, 2.75) is 65.3 Å². The minimum absolute atomic E-state index is 0.0612. The van der Waals surface area contributed by atoms with Crippen LogP contribution in [0, 0.1) is 0 Å². The van der Waals surface area contributed by atoms with Crippen molar-refractivity contribution in [2.24, 2.45) is 0 Å². The van der Waals surface area contributed by atoms with E-state index in [1.165, 1.54) is 5.56 Å². The molecule has 0 aliphatic heterocycles. The lowest BCUT2D eigenvalue weighted by Gasteiger charge is -2.22. The minimum Gasteiger partial charge on any atom is -0.493 e. The number of ether oxygens (including phenoxy) is 2. The van der Waals surface area contributed by atoms with E-state index in [2.05, 4.69) is 67.3 Å². The molecule has 2 atom stereocenters. The molecule has 36 heavy (non-hydrogen) atoms. The van der Waals surface area contributed by atoms with Crippen molar-refractivity contribution < 1.29 is 14.3 Å². The van der Waals surface area contributed by atoms with Gasteiger partial charge in [-0.3, -0.25) is 4.79 Å². The van der Waals surface area contributed by atoms with Gasteiger partial charge in [-0.15, -0.1) is 0 Å². The van der Waals surface area contributed by atoms with E-state index in [4.69, 9.17) is 9.47 Å². The van der Waals surface area contributed by atoms with Crippen LogP contribution in [0.1, 0.15) is 69.6 Å². The summed E-state index contributed by atoms with van der Waals surface area (Å²) in [4.78, 5) is 19.2. The summed E-state index contributed by atoms with van der Waals surface area (Å²) in [5, 5.41) is 4.41.